The van der Waals surface area contributed by atoms with Gasteiger partial charge in [-0.15, -0.1) is 10.2 Å². The molecule has 0 saturated carbocycles. The lowest BCUT2D eigenvalue weighted by Gasteiger charge is -2.10. The van der Waals surface area contributed by atoms with Crippen LogP contribution in [0.25, 0.3) is 22.0 Å². The molecule has 0 saturated heterocycles. The monoisotopic (exact) mass is 429 g/mol. The van der Waals surface area contributed by atoms with Crippen molar-refractivity contribution >= 4 is 34.1 Å². The summed E-state index contributed by atoms with van der Waals surface area (Å²) in [6.07, 6.45) is 3.39. The third-order valence-electron chi connectivity index (χ3n) is 5.49. The van der Waals surface area contributed by atoms with Crippen molar-refractivity contribution in [2.75, 3.05) is 11.1 Å². The summed E-state index contributed by atoms with van der Waals surface area (Å²) in [5.74, 6) is -0.120. The van der Waals surface area contributed by atoms with Crippen molar-refractivity contribution in [3.63, 3.8) is 0 Å². The molecule has 5 rings (SSSR count). The molecule has 1 heterocycles. The fraction of sp³-hybridized carbons (Fsp3) is 0.160. The Balaban J connectivity index is 1.34. The summed E-state index contributed by atoms with van der Waals surface area (Å²) in [4.78, 5) is 12.5. The molecule has 0 radical (unpaired) electrons. The molecule has 0 spiro atoms. The van der Waals surface area contributed by atoms with E-state index in [1.807, 2.05) is 30.3 Å². The first-order chi connectivity index (χ1) is 15.2. The Morgan fingerprint density at radius 1 is 0.935 bits per heavy atom. The van der Waals surface area contributed by atoms with Gasteiger partial charge in [-0.3, -0.25) is 4.79 Å². The molecule has 0 fully saturated rings. The predicted molar refractivity (Wildman–Crippen MR) is 123 cm³/mol. The second-order valence-electron chi connectivity index (χ2n) is 7.58. The minimum atomic E-state index is -0.289. The molecule has 1 aliphatic rings. The van der Waals surface area contributed by atoms with Gasteiger partial charge in [0, 0.05) is 22.0 Å². The Morgan fingerprint density at radius 3 is 2.55 bits per heavy atom. The van der Waals surface area contributed by atoms with Crippen LogP contribution in [-0.4, -0.2) is 21.9 Å². The first-order valence-electron chi connectivity index (χ1n) is 10.2. The molecule has 31 heavy (non-hydrogen) atoms. The van der Waals surface area contributed by atoms with E-state index in [1.165, 1.54) is 41.4 Å². The third kappa shape index (κ3) is 4.16. The fourth-order valence-corrected chi connectivity index (χ4v) is 4.76. The maximum absolute atomic E-state index is 13.3. The second-order valence-corrected chi connectivity index (χ2v) is 8.54. The Kier molecular flexibility index (Phi) is 5.38. The summed E-state index contributed by atoms with van der Waals surface area (Å²) in [5.41, 5.74) is 5.06. The molecule has 1 N–H and O–H groups in total. The van der Waals surface area contributed by atoms with Crippen molar-refractivity contribution in [3.05, 3.63) is 83.7 Å². The van der Waals surface area contributed by atoms with Gasteiger partial charge in [-0.2, -0.15) is 0 Å². The zero-order chi connectivity index (χ0) is 21.2. The average Bonchev–Trinajstić information content (AvgIpc) is 3.26. The van der Waals surface area contributed by atoms with Crippen molar-refractivity contribution in [3.8, 4) is 11.3 Å². The van der Waals surface area contributed by atoms with Crippen LogP contribution in [0.3, 0.4) is 0 Å². The molecule has 0 bridgehead atoms. The predicted octanol–water partition coefficient (Wildman–Crippen LogP) is 5.66. The molecule has 4 aromatic rings. The van der Waals surface area contributed by atoms with Gasteiger partial charge in [0.1, 0.15) is 16.5 Å². The van der Waals surface area contributed by atoms with Gasteiger partial charge in [0.15, 0.2) is 0 Å². The first kappa shape index (κ1) is 19.7. The molecule has 6 heteroatoms. The molecule has 154 valence electrons. The van der Waals surface area contributed by atoms with Gasteiger partial charge in [0.25, 0.3) is 0 Å². The van der Waals surface area contributed by atoms with E-state index in [0.29, 0.717) is 10.7 Å². The van der Waals surface area contributed by atoms with E-state index in [1.54, 1.807) is 12.1 Å². The molecule has 0 atom stereocenters. The van der Waals surface area contributed by atoms with E-state index >= 15 is 0 Å². The van der Waals surface area contributed by atoms with Crippen LogP contribution in [0, 0.1) is 5.82 Å². The molecule has 1 amide bonds. The smallest absolute Gasteiger partial charge is 0.234 e. The molecule has 0 aliphatic heterocycles. The van der Waals surface area contributed by atoms with Gasteiger partial charge in [0.2, 0.25) is 5.91 Å². The van der Waals surface area contributed by atoms with E-state index in [4.69, 9.17) is 0 Å². The van der Waals surface area contributed by atoms with Crippen molar-refractivity contribution < 1.29 is 9.18 Å². The molecule has 1 aromatic heterocycles. The van der Waals surface area contributed by atoms with Crippen LogP contribution in [0.15, 0.2) is 71.8 Å². The first-order valence-corrected chi connectivity index (χ1v) is 11.2. The number of carbonyl (C=O) groups excluding carboxylic acids is 1. The molecule has 0 unspecified atom stereocenters. The Morgan fingerprint density at radius 2 is 1.71 bits per heavy atom. The summed E-state index contributed by atoms with van der Waals surface area (Å²) in [7, 11) is 0. The summed E-state index contributed by atoms with van der Waals surface area (Å²) in [6.45, 7) is 0. The number of amides is 1. The molecular weight excluding hydrogens is 409 g/mol. The summed E-state index contributed by atoms with van der Waals surface area (Å²) in [5, 5.41) is 14.3. The Labute approximate surface area is 183 Å². The number of aromatic nitrogens is 2. The van der Waals surface area contributed by atoms with E-state index in [-0.39, 0.29) is 17.5 Å². The number of nitrogens with zero attached hydrogens (tertiary/aromatic N) is 2. The number of nitrogens with one attached hydrogen (secondary N) is 1. The van der Waals surface area contributed by atoms with Crippen LogP contribution in [0.2, 0.25) is 0 Å². The summed E-state index contributed by atoms with van der Waals surface area (Å²) < 4.78 is 13.3. The van der Waals surface area contributed by atoms with E-state index in [9.17, 15) is 9.18 Å². The molecule has 4 nitrogen and oxygen atoms in total. The number of benzene rings is 3. The number of halogens is 1. The van der Waals surface area contributed by atoms with Crippen molar-refractivity contribution in [1.29, 1.82) is 0 Å². The van der Waals surface area contributed by atoms with Crippen LogP contribution in [-0.2, 0) is 17.6 Å². The average molecular weight is 430 g/mol. The van der Waals surface area contributed by atoms with Crippen LogP contribution in [0.1, 0.15) is 17.5 Å². The fourth-order valence-electron chi connectivity index (χ4n) is 3.99. The number of aryl methyl sites for hydroxylation is 2. The lowest BCUT2D eigenvalue weighted by molar-refractivity contribution is -0.113. The SMILES string of the molecule is O=C(CSc1nnc(-c2ccc(F)cc2)c2ccccc12)Nc1ccc2c(c1)CCC2. The zero-order valence-electron chi connectivity index (χ0n) is 16.8. The van der Waals surface area contributed by atoms with Crippen molar-refractivity contribution in [2.45, 2.75) is 24.3 Å². The Hall–Kier alpha value is -3.25. The van der Waals surface area contributed by atoms with Crippen molar-refractivity contribution in [2.24, 2.45) is 0 Å². The van der Waals surface area contributed by atoms with E-state index in [2.05, 4.69) is 27.6 Å². The number of thioether (sulfide) groups is 1. The Bertz CT molecular complexity index is 1270. The standard InChI is InChI=1S/C25H20FN3OS/c26-19-11-8-17(9-12-19)24-21-6-1-2-7-22(21)25(29-28-24)31-15-23(30)27-20-13-10-16-4-3-5-18(16)14-20/h1-2,6-14H,3-5,15H2,(H,27,30). The highest BCUT2D eigenvalue weighted by molar-refractivity contribution is 8.00. The number of carbonyl (C=O) groups is 1. The molecule has 1 aliphatic carbocycles. The highest BCUT2D eigenvalue weighted by Gasteiger charge is 2.14. The van der Waals surface area contributed by atoms with Gasteiger partial charge < -0.3 is 5.32 Å². The normalized spacial score (nSPS) is 12.7. The highest BCUT2D eigenvalue weighted by Crippen LogP contribution is 2.32. The molecule has 3 aromatic carbocycles. The number of hydrogen-bond donors (Lipinski definition) is 1. The van der Waals surface area contributed by atoms with Crippen LogP contribution < -0.4 is 5.32 Å². The summed E-state index contributed by atoms with van der Waals surface area (Å²) >= 11 is 1.36. The second kappa shape index (κ2) is 8.47. The summed E-state index contributed by atoms with van der Waals surface area (Å²) in [6, 6.07) is 20.2. The topological polar surface area (TPSA) is 54.9 Å². The molecular formula is C25H20FN3OS. The number of fused-ring (bicyclic) bond motifs is 2. The number of anilines is 1. The van der Waals surface area contributed by atoms with Gasteiger partial charge in [-0.25, -0.2) is 4.39 Å². The zero-order valence-corrected chi connectivity index (χ0v) is 17.6. The maximum Gasteiger partial charge on any atom is 0.234 e. The van der Waals surface area contributed by atoms with Crippen LogP contribution in [0.5, 0.6) is 0 Å². The quantitative estimate of drug-likeness (QED) is 0.416. The third-order valence-corrected chi connectivity index (χ3v) is 6.47. The van der Waals surface area contributed by atoms with E-state index < -0.39 is 0 Å². The van der Waals surface area contributed by atoms with Gasteiger partial charge in [0.05, 0.1) is 5.75 Å². The van der Waals surface area contributed by atoms with Gasteiger partial charge in [-0.1, -0.05) is 42.1 Å². The van der Waals surface area contributed by atoms with E-state index in [0.717, 1.165) is 34.9 Å². The largest absolute Gasteiger partial charge is 0.325 e. The van der Waals surface area contributed by atoms with Gasteiger partial charge >= 0.3 is 0 Å². The van der Waals surface area contributed by atoms with Crippen LogP contribution in [0.4, 0.5) is 10.1 Å². The minimum absolute atomic E-state index is 0.0727. The lowest BCUT2D eigenvalue weighted by Crippen LogP contribution is -2.14. The van der Waals surface area contributed by atoms with Crippen molar-refractivity contribution in [1.82, 2.24) is 10.2 Å². The highest BCUT2D eigenvalue weighted by atomic mass is 32.2. The maximum atomic E-state index is 13.3. The van der Waals surface area contributed by atoms with Crippen LogP contribution >= 0.6 is 11.8 Å². The lowest BCUT2D eigenvalue weighted by atomic mass is 10.1. The van der Waals surface area contributed by atoms with Gasteiger partial charge in [-0.05, 0) is 66.8 Å². The number of rotatable bonds is 5. The number of hydrogen-bond acceptors (Lipinski definition) is 4. The minimum Gasteiger partial charge on any atom is -0.325 e.